The highest BCUT2D eigenvalue weighted by Crippen LogP contribution is 2.26. The molecule has 0 unspecified atom stereocenters. The van der Waals surface area contributed by atoms with Gasteiger partial charge in [0, 0.05) is 12.0 Å². The Hall–Kier alpha value is -2.03. The number of fused-ring (bicyclic) bond motifs is 2. The van der Waals surface area contributed by atoms with Crippen LogP contribution in [-0.2, 0) is 13.5 Å². The molecule has 0 aliphatic carbocycles. The van der Waals surface area contributed by atoms with Crippen LogP contribution in [-0.4, -0.2) is 10.3 Å². The summed E-state index contributed by atoms with van der Waals surface area (Å²) in [6.45, 7) is 4.28. The van der Waals surface area contributed by atoms with Crippen LogP contribution in [0, 0.1) is 6.92 Å². The smallest absolute Gasteiger partial charge is 0.137 e. The second-order valence-electron chi connectivity index (χ2n) is 4.63. The number of rotatable bonds is 1. The molecule has 3 heteroatoms. The highest BCUT2D eigenvalue weighted by molar-refractivity contribution is 6.00. The van der Waals surface area contributed by atoms with Gasteiger partial charge >= 0.3 is 0 Å². The summed E-state index contributed by atoms with van der Waals surface area (Å²) in [4.78, 5) is 0. The Morgan fingerprint density at radius 3 is 2.72 bits per heavy atom. The maximum Gasteiger partial charge on any atom is 0.218 e. The lowest BCUT2D eigenvalue weighted by Gasteiger charge is -2.06. The van der Waals surface area contributed by atoms with Crippen molar-refractivity contribution in [3.05, 3.63) is 41.6 Å². The maximum absolute atomic E-state index is 4.35. The molecule has 0 aliphatic heterocycles. The molecule has 0 radical (unpaired) electrons. The van der Waals surface area contributed by atoms with Crippen molar-refractivity contribution in [2.45, 2.75) is 20.3 Å². The first-order valence-electron chi connectivity index (χ1n) is 6.26. The van der Waals surface area contributed by atoms with Gasteiger partial charge in [0.2, 0.25) is 5.52 Å². The second kappa shape index (κ2) is 4.02. The van der Waals surface area contributed by atoms with Crippen molar-refractivity contribution in [2.75, 3.05) is 0 Å². The van der Waals surface area contributed by atoms with Crippen molar-refractivity contribution >= 4 is 21.7 Å². The molecule has 0 N–H and O–H groups in total. The van der Waals surface area contributed by atoms with Crippen LogP contribution in [0.25, 0.3) is 21.7 Å². The Kier molecular flexibility index (Phi) is 2.47. The largest absolute Gasteiger partial charge is 0.218 e. The van der Waals surface area contributed by atoms with Crippen LogP contribution in [0.3, 0.4) is 0 Å². The number of hydrogen-bond donors (Lipinski definition) is 0. The minimum absolute atomic E-state index is 0.959. The van der Waals surface area contributed by atoms with E-state index in [0.29, 0.717) is 0 Å². The van der Waals surface area contributed by atoms with Gasteiger partial charge < -0.3 is 0 Å². The van der Waals surface area contributed by atoms with E-state index in [-0.39, 0.29) is 0 Å². The minimum Gasteiger partial charge on any atom is -0.137 e. The van der Waals surface area contributed by atoms with Gasteiger partial charge in [0.15, 0.2) is 0 Å². The van der Waals surface area contributed by atoms with E-state index in [1.807, 2.05) is 11.7 Å². The van der Waals surface area contributed by atoms with Gasteiger partial charge in [0.25, 0.3) is 0 Å². The van der Waals surface area contributed by atoms with Crippen LogP contribution >= 0.6 is 0 Å². The van der Waals surface area contributed by atoms with Crippen LogP contribution in [0.5, 0.6) is 0 Å². The zero-order valence-corrected chi connectivity index (χ0v) is 10.9. The lowest BCUT2D eigenvalue weighted by atomic mass is 10.00. The zero-order valence-electron chi connectivity index (χ0n) is 10.9. The molecule has 1 aromatic heterocycles. The van der Waals surface area contributed by atoms with Crippen molar-refractivity contribution in [2.24, 2.45) is 7.05 Å². The van der Waals surface area contributed by atoms with Gasteiger partial charge in [0.05, 0.1) is 10.5 Å². The van der Waals surface area contributed by atoms with Crippen molar-refractivity contribution in [3.8, 4) is 0 Å². The second-order valence-corrected chi connectivity index (χ2v) is 4.63. The quantitative estimate of drug-likeness (QED) is 0.481. The maximum atomic E-state index is 4.35. The molecule has 0 fully saturated rings. The third-order valence-electron chi connectivity index (χ3n) is 3.59. The van der Waals surface area contributed by atoms with E-state index >= 15 is 0 Å². The molecule has 0 saturated heterocycles. The molecule has 0 spiro atoms. The number of hydrogen-bond acceptors (Lipinski definition) is 2. The summed E-state index contributed by atoms with van der Waals surface area (Å²) in [7, 11) is 1.95. The van der Waals surface area contributed by atoms with Crippen molar-refractivity contribution < 1.29 is 4.68 Å². The Morgan fingerprint density at radius 2 is 1.94 bits per heavy atom. The SMILES string of the molecule is CCc1c2cc3ccccc3c(C)c2nn[n+]1C. The van der Waals surface area contributed by atoms with E-state index in [0.717, 1.165) is 11.9 Å². The predicted molar refractivity (Wildman–Crippen MR) is 72.3 cm³/mol. The van der Waals surface area contributed by atoms with Crippen LogP contribution in [0.4, 0.5) is 0 Å². The Balaban J connectivity index is 2.55. The lowest BCUT2D eigenvalue weighted by molar-refractivity contribution is -0.741. The third kappa shape index (κ3) is 1.47. The van der Waals surface area contributed by atoms with Crippen molar-refractivity contribution in [3.63, 3.8) is 0 Å². The molecular formula is C15H16N3+. The normalized spacial score (nSPS) is 11.3. The van der Waals surface area contributed by atoms with Crippen LogP contribution in [0.2, 0.25) is 0 Å². The summed E-state index contributed by atoms with van der Waals surface area (Å²) in [6, 6.07) is 10.7. The number of nitrogens with zero attached hydrogens (tertiary/aromatic N) is 3. The molecule has 3 nitrogen and oxygen atoms in total. The fourth-order valence-corrected chi connectivity index (χ4v) is 2.63. The van der Waals surface area contributed by atoms with Gasteiger partial charge in [0.1, 0.15) is 18.0 Å². The van der Waals surface area contributed by atoms with Gasteiger partial charge in [-0.2, -0.15) is 0 Å². The number of aromatic nitrogens is 3. The van der Waals surface area contributed by atoms with Gasteiger partial charge in [-0.05, 0) is 23.8 Å². The molecule has 3 aromatic rings. The summed E-state index contributed by atoms with van der Waals surface area (Å²) in [5, 5.41) is 12.3. The molecular weight excluding hydrogens is 222 g/mol. The van der Waals surface area contributed by atoms with Crippen LogP contribution in [0.15, 0.2) is 30.3 Å². The summed E-state index contributed by atoms with van der Waals surface area (Å²) < 4.78 is 1.87. The van der Waals surface area contributed by atoms with E-state index in [2.05, 4.69) is 54.5 Å². The minimum atomic E-state index is 0.959. The third-order valence-corrected chi connectivity index (χ3v) is 3.59. The lowest BCUT2D eigenvalue weighted by Crippen LogP contribution is -2.39. The van der Waals surface area contributed by atoms with Gasteiger partial charge in [-0.25, -0.2) is 0 Å². The fraction of sp³-hybridized carbons (Fsp3) is 0.267. The highest BCUT2D eigenvalue weighted by Gasteiger charge is 2.16. The van der Waals surface area contributed by atoms with Gasteiger partial charge in [-0.15, -0.1) is 4.68 Å². The molecule has 0 bridgehead atoms. The molecule has 0 amide bonds. The van der Waals surface area contributed by atoms with Crippen LogP contribution < -0.4 is 4.68 Å². The highest BCUT2D eigenvalue weighted by atomic mass is 15.4. The standard InChI is InChI=1S/C15H16N3/c1-4-14-13-9-11-7-5-6-8-12(11)10(2)15(13)16-17-18(14)3/h5-9H,4H2,1-3H3/q+1. The van der Waals surface area contributed by atoms with E-state index < -0.39 is 0 Å². The van der Waals surface area contributed by atoms with Gasteiger partial charge in [-0.1, -0.05) is 31.2 Å². The topological polar surface area (TPSA) is 29.7 Å². The molecule has 3 rings (SSSR count). The first-order chi connectivity index (χ1) is 8.72. The first-order valence-corrected chi connectivity index (χ1v) is 6.26. The van der Waals surface area contributed by atoms with E-state index in [4.69, 9.17) is 0 Å². The molecule has 0 saturated carbocycles. The summed E-state index contributed by atoms with van der Waals surface area (Å²) >= 11 is 0. The fourth-order valence-electron chi connectivity index (χ4n) is 2.63. The molecule has 90 valence electrons. The monoisotopic (exact) mass is 238 g/mol. The molecule has 0 aliphatic rings. The average Bonchev–Trinajstić information content (AvgIpc) is 2.39. The van der Waals surface area contributed by atoms with Crippen LogP contribution in [0.1, 0.15) is 18.2 Å². The molecule has 18 heavy (non-hydrogen) atoms. The number of benzene rings is 2. The molecule has 1 heterocycles. The zero-order chi connectivity index (χ0) is 12.7. The summed E-state index contributed by atoms with van der Waals surface area (Å²) in [5.74, 6) is 0. The van der Waals surface area contributed by atoms with Crippen molar-refractivity contribution in [1.82, 2.24) is 10.3 Å². The van der Waals surface area contributed by atoms with E-state index in [1.165, 1.54) is 27.4 Å². The number of aryl methyl sites for hydroxylation is 3. The first kappa shape index (κ1) is 11.1. The summed E-state index contributed by atoms with van der Waals surface area (Å²) in [6.07, 6.45) is 0.959. The Bertz CT molecular complexity index is 747. The average molecular weight is 238 g/mol. The Morgan fingerprint density at radius 1 is 1.17 bits per heavy atom. The van der Waals surface area contributed by atoms with Gasteiger partial charge in [-0.3, -0.25) is 0 Å². The predicted octanol–water partition coefficient (Wildman–Crippen LogP) is 2.48. The molecule has 2 aromatic carbocycles. The summed E-state index contributed by atoms with van der Waals surface area (Å²) in [5.41, 5.74) is 3.46. The van der Waals surface area contributed by atoms with E-state index in [9.17, 15) is 0 Å². The van der Waals surface area contributed by atoms with Crippen molar-refractivity contribution in [1.29, 1.82) is 0 Å². The molecule has 0 atom stereocenters. The van der Waals surface area contributed by atoms with E-state index in [1.54, 1.807) is 0 Å². The Labute approximate surface area is 106 Å².